The molecular formula is C17H24N4O. The number of benzene rings is 1. The van der Waals surface area contributed by atoms with Crippen LogP contribution in [0.15, 0.2) is 28.7 Å². The lowest BCUT2D eigenvalue weighted by Gasteiger charge is -2.19. The first kappa shape index (κ1) is 15.0. The highest BCUT2D eigenvalue weighted by atomic mass is 16.4. The summed E-state index contributed by atoms with van der Waals surface area (Å²) in [7, 11) is 4.06. The van der Waals surface area contributed by atoms with Crippen molar-refractivity contribution in [1.82, 2.24) is 15.1 Å². The number of anilines is 1. The van der Waals surface area contributed by atoms with Crippen molar-refractivity contribution >= 4 is 5.69 Å². The van der Waals surface area contributed by atoms with Crippen LogP contribution in [0.3, 0.4) is 0 Å². The van der Waals surface area contributed by atoms with Crippen LogP contribution in [0.2, 0.25) is 0 Å². The van der Waals surface area contributed by atoms with Gasteiger partial charge in [0.1, 0.15) is 0 Å². The van der Waals surface area contributed by atoms with Gasteiger partial charge in [0.05, 0.1) is 5.92 Å². The Morgan fingerprint density at radius 3 is 2.50 bits per heavy atom. The van der Waals surface area contributed by atoms with E-state index < -0.39 is 0 Å². The van der Waals surface area contributed by atoms with Gasteiger partial charge >= 0.3 is 0 Å². The molecule has 1 atom stereocenters. The maximum atomic E-state index is 5.92. The summed E-state index contributed by atoms with van der Waals surface area (Å²) in [5.41, 5.74) is 2.13. The van der Waals surface area contributed by atoms with Crippen molar-refractivity contribution in [3.8, 4) is 11.5 Å². The first-order valence-corrected chi connectivity index (χ1v) is 7.90. The molecule has 3 rings (SSSR count). The average Bonchev–Trinajstić information content (AvgIpc) is 3.16. The Kier molecular flexibility index (Phi) is 4.16. The third-order valence-corrected chi connectivity index (χ3v) is 4.37. The molecule has 0 aliphatic carbocycles. The molecule has 1 unspecified atom stereocenters. The molecule has 0 N–H and O–H groups in total. The number of hydrogen-bond acceptors (Lipinski definition) is 5. The predicted molar refractivity (Wildman–Crippen MR) is 88.1 cm³/mol. The van der Waals surface area contributed by atoms with Crippen molar-refractivity contribution in [2.75, 3.05) is 32.1 Å². The molecule has 0 spiro atoms. The number of likely N-dealkylation sites (tertiary alicyclic amines) is 1. The Balaban J connectivity index is 1.74. The van der Waals surface area contributed by atoms with Gasteiger partial charge in [0.25, 0.3) is 0 Å². The van der Waals surface area contributed by atoms with Crippen LogP contribution >= 0.6 is 0 Å². The fraction of sp³-hybridized carbons (Fsp3) is 0.529. The Morgan fingerprint density at radius 2 is 1.91 bits per heavy atom. The van der Waals surface area contributed by atoms with E-state index >= 15 is 0 Å². The molecule has 0 radical (unpaired) electrons. The smallest absolute Gasteiger partial charge is 0.247 e. The Hall–Kier alpha value is -1.88. The second kappa shape index (κ2) is 6.08. The maximum Gasteiger partial charge on any atom is 0.247 e. The summed E-state index contributed by atoms with van der Waals surface area (Å²) in [5.74, 6) is 1.75. The van der Waals surface area contributed by atoms with Crippen LogP contribution in [0.4, 0.5) is 5.69 Å². The normalized spacial score (nSPS) is 19.0. The molecule has 5 heteroatoms. The molecule has 118 valence electrons. The summed E-state index contributed by atoms with van der Waals surface area (Å²) in [4.78, 5) is 4.53. The highest BCUT2D eigenvalue weighted by molar-refractivity contribution is 5.58. The van der Waals surface area contributed by atoms with Gasteiger partial charge in [0.2, 0.25) is 11.8 Å². The van der Waals surface area contributed by atoms with E-state index in [1.807, 2.05) is 26.2 Å². The van der Waals surface area contributed by atoms with E-state index in [-0.39, 0.29) is 0 Å². The van der Waals surface area contributed by atoms with Gasteiger partial charge in [-0.25, -0.2) is 0 Å². The largest absolute Gasteiger partial charge is 0.420 e. The van der Waals surface area contributed by atoms with Gasteiger partial charge in [-0.1, -0.05) is 0 Å². The summed E-state index contributed by atoms with van der Waals surface area (Å²) >= 11 is 0. The van der Waals surface area contributed by atoms with Crippen molar-refractivity contribution in [1.29, 1.82) is 0 Å². The molecule has 1 aromatic heterocycles. The van der Waals surface area contributed by atoms with E-state index in [2.05, 4.69) is 46.0 Å². The van der Waals surface area contributed by atoms with E-state index in [0.29, 0.717) is 17.9 Å². The fourth-order valence-corrected chi connectivity index (χ4v) is 2.88. The zero-order valence-corrected chi connectivity index (χ0v) is 13.8. The van der Waals surface area contributed by atoms with Crippen LogP contribution in [-0.2, 0) is 0 Å². The molecule has 1 aliphatic heterocycles. The van der Waals surface area contributed by atoms with Gasteiger partial charge in [-0.15, -0.1) is 10.2 Å². The summed E-state index contributed by atoms with van der Waals surface area (Å²) in [6.07, 6.45) is 1.10. The van der Waals surface area contributed by atoms with Gasteiger partial charge in [-0.3, -0.25) is 0 Å². The number of aromatic nitrogens is 2. The maximum absolute atomic E-state index is 5.92. The topological polar surface area (TPSA) is 45.4 Å². The van der Waals surface area contributed by atoms with Crippen LogP contribution in [0.25, 0.3) is 11.5 Å². The van der Waals surface area contributed by atoms with Gasteiger partial charge in [0, 0.05) is 37.9 Å². The molecule has 1 aromatic carbocycles. The molecule has 0 amide bonds. The lowest BCUT2D eigenvalue weighted by molar-refractivity contribution is 0.269. The van der Waals surface area contributed by atoms with Crippen molar-refractivity contribution in [2.45, 2.75) is 32.2 Å². The summed E-state index contributed by atoms with van der Waals surface area (Å²) in [6.45, 7) is 6.58. The summed E-state index contributed by atoms with van der Waals surface area (Å²) < 4.78 is 5.92. The SMILES string of the molecule is CC(C)N1CCC(c2nnc(-c3ccc(N(C)C)cc3)o2)C1. The molecule has 1 fully saturated rings. The van der Waals surface area contributed by atoms with E-state index in [0.717, 1.165) is 36.7 Å². The molecule has 22 heavy (non-hydrogen) atoms. The minimum Gasteiger partial charge on any atom is -0.420 e. The second-order valence-electron chi connectivity index (χ2n) is 6.46. The van der Waals surface area contributed by atoms with Gasteiger partial charge in [-0.05, 0) is 51.1 Å². The quantitative estimate of drug-likeness (QED) is 0.868. The molecule has 0 bridgehead atoms. The number of hydrogen-bond donors (Lipinski definition) is 0. The monoisotopic (exact) mass is 300 g/mol. The van der Waals surface area contributed by atoms with Gasteiger partial charge < -0.3 is 14.2 Å². The van der Waals surface area contributed by atoms with Crippen LogP contribution in [0, 0.1) is 0 Å². The predicted octanol–water partition coefficient (Wildman–Crippen LogP) is 3.00. The molecule has 2 aromatic rings. The Labute approximate surface area is 131 Å². The van der Waals surface area contributed by atoms with Crippen molar-refractivity contribution in [3.05, 3.63) is 30.2 Å². The van der Waals surface area contributed by atoms with Crippen molar-refractivity contribution in [2.24, 2.45) is 0 Å². The summed E-state index contributed by atoms with van der Waals surface area (Å²) in [6, 6.07) is 8.76. The average molecular weight is 300 g/mol. The standard InChI is InChI=1S/C17H24N4O/c1-12(2)21-10-9-14(11-21)17-19-18-16(22-17)13-5-7-15(8-6-13)20(3)4/h5-8,12,14H,9-11H2,1-4H3. The van der Waals surface area contributed by atoms with Crippen LogP contribution < -0.4 is 4.90 Å². The zero-order valence-electron chi connectivity index (χ0n) is 13.8. The van der Waals surface area contributed by atoms with Gasteiger partial charge in [0.15, 0.2) is 0 Å². The zero-order chi connectivity index (χ0) is 15.7. The van der Waals surface area contributed by atoms with Crippen molar-refractivity contribution < 1.29 is 4.42 Å². The lowest BCUT2D eigenvalue weighted by Crippen LogP contribution is -2.27. The Bertz CT molecular complexity index is 618. The minimum absolute atomic E-state index is 0.365. The van der Waals surface area contributed by atoms with Crippen LogP contribution in [0.1, 0.15) is 32.1 Å². The van der Waals surface area contributed by atoms with E-state index in [4.69, 9.17) is 4.42 Å². The molecule has 5 nitrogen and oxygen atoms in total. The third kappa shape index (κ3) is 2.99. The van der Waals surface area contributed by atoms with Crippen LogP contribution in [0.5, 0.6) is 0 Å². The fourth-order valence-electron chi connectivity index (χ4n) is 2.88. The summed E-state index contributed by atoms with van der Waals surface area (Å²) in [5, 5.41) is 8.50. The second-order valence-corrected chi connectivity index (χ2v) is 6.46. The molecular weight excluding hydrogens is 276 g/mol. The number of rotatable bonds is 4. The van der Waals surface area contributed by atoms with E-state index in [1.54, 1.807) is 0 Å². The number of nitrogens with zero attached hydrogens (tertiary/aromatic N) is 4. The van der Waals surface area contributed by atoms with E-state index in [1.165, 1.54) is 0 Å². The van der Waals surface area contributed by atoms with Crippen LogP contribution in [-0.4, -0.2) is 48.3 Å². The first-order chi connectivity index (χ1) is 10.5. The Morgan fingerprint density at radius 1 is 1.18 bits per heavy atom. The minimum atomic E-state index is 0.365. The highest BCUT2D eigenvalue weighted by Gasteiger charge is 2.29. The van der Waals surface area contributed by atoms with Gasteiger partial charge in [-0.2, -0.15) is 0 Å². The highest BCUT2D eigenvalue weighted by Crippen LogP contribution is 2.29. The van der Waals surface area contributed by atoms with Crippen molar-refractivity contribution in [3.63, 3.8) is 0 Å². The lowest BCUT2D eigenvalue weighted by atomic mass is 10.1. The third-order valence-electron chi connectivity index (χ3n) is 4.37. The molecule has 0 saturated carbocycles. The molecule has 1 saturated heterocycles. The molecule has 2 heterocycles. The first-order valence-electron chi connectivity index (χ1n) is 7.90. The molecule has 1 aliphatic rings. The van der Waals surface area contributed by atoms with E-state index in [9.17, 15) is 0 Å².